The van der Waals surface area contributed by atoms with Crippen LogP contribution in [0.1, 0.15) is 12.7 Å². The number of imidazole rings is 1. The Balaban J connectivity index is 1.84. The molecule has 0 saturated carbocycles. The predicted molar refractivity (Wildman–Crippen MR) is 74.7 cm³/mol. The van der Waals surface area contributed by atoms with Gasteiger partial charge in [0.15, 0.2) is 0 Å². The molecule has 0 bridgehead atoms. The summed E-state index contributed by atoms with van der Waals surface area (Å²) in [5.41, 5.74) is 0. The zero-order valence-electron chi connectivity index (χ0n) is 10.8. The molecule has 1 N–H and O–H groups in total. The van der Waals surface area contributed by atoms with Crippen molar-refractivity contribution in [2.24, 2.45) is 0 Å². The highest BCUT2D eigenvalue weighted by atomic mass is 32.2. The molecule has 2 rings (SSSR count). The van der Waals surface area contributed by atoms with E-state index in [1.165, 1.54) is 23.9 Å². The average molecular weight is 280 g/mol. The first-order valence-electron chi connectivity index (χ1n) is 6.25. The topological polar surface area (TPSA) is 38.0 Å². The van der Waals surface area contributed by atoms with Crippen molar-refractivity contribution in [2.75, 3.05) is 5.75 Å². The summed E-state index contributed by atoms with van der Waals surface area (Å²) in [6.07, 6.45) is 3.74. The summed E-state index contributed by atoms with van der Waals surface area (Å²) in [5.74, 6) is 1.23. The summed E-state index contributed by atoms with van der Waals surface area (Å²) in [6.45, 7) is 2.90. The van der Waals surface area contributed by atoms with Crippen LogP contribution in [0.3, 0.4) is 0 Å². The molecule has 0 aliphatic heterocycles. The number of aryl methyl sites for hydroxylation is 1. The SMILES string of the molecule is CCn1ccnc1CC(O)CSc1ccc(F)cc1. The highest BCUT2D eigenvalue weighted by molar-refractivity contribution is 7.99. The number of nitrogens with zero attached hydrogens (tertiary/aromatic N) is 2. The number of benzene rings is 1. The molecule has 3 nitrogen and oxygen atoms in total. The van der Waals surface area contributed by atoms with Crippen LogP contribution in [0.2, 0.25) is 0 Å². The molecule has 19 heavy (non-hydrogen) atoms. The van der Waals surface area contributed by atoms with Crippen LogP contribution in [0, 0.1) is 5.82 Å². The standard InChI is InChI=1S/C14H17FN2OS/c1-2-17-8-7-16-14(17)9-12(18)10-19-13-5-3-11(15)4-6-13/h3-8,12,18H,2,9-10H2,1H3. The average Bonchev–Trinajstić information content (AvgIpc) is 2.85. The number of aromatic nitrogens is 2. The Labute approximate surface area is 116 Å². The zero-order valence-corrected chi connectivity index (χ0v) is 11.6. The van der Waals surface area contributed by atoms with Gasteiger partial charge in [-0.1, -0.05) is 0 Å². The van der Waals surface area contributed by atoms with E-state index in [1.807, 2.05) is 17.7 Å². The second-order valence-electron chi connectivity index (χ2n) is 4.25. The zero-order chi connectivity index (χ0) is 13.7. The molecular weight excluding hydrogens is 263 g/mol. The van der Waals surface area contributed by atoms with Gasteiger partial charge in [-0.05, 0) is 31.2 Å². The fourth-order valence-electron chi connectivity index (χ4n) is 1.81. The lowest BCUT2D eigenvalue weighted by atomic mass is 10.3. The summed E-state index contributed by atoms with van der Waals surface area (Å²) in [6, 6.07) is 6.30. The Kier molecular flexibility index (Phi) is 4.99. The van der Waals surface area contributed by atoms with E-state index in [9.17, 15) is 9.50 Å². The van der Waals surface area contributed by atoms with Crippen molar-refractivity contribution in [3.8, 4) is 0 Å². The molecule has 0 radical (unpaired) electrons. The molecule has 0 amide bonds. The second-order valence-corrected chi connectivity index (χ2v) is 5.35. The molecule has 1 heterocycles. The first-order chi connectivity index (χ1) is 9.19. The van der Waals surface area contributed by atoms with Crippen molar-refractivity contribution in [2.45, 2.75) is 30.9 Å². The van der Waals surface area contributed by atoms with Crippen molar-refractivity contribution in [3.63, 3.8) is 0 Å². The summed E-state index contributed by atoms with van der Waals surface area (Å²) in [5, 5.41) is 10.0. The van der Waals surface area contributed by atoms with Gasteiger partial charge < -0.3 is 9.67 Å². The smallest absolute Gasteiger partial charge is 0.123 e. The lowest BCUT2D eigenvalue weighted by Crippen LogP contribution is -2.16. The van der Waals surface area contributed by atoms with E-state index < -0.39 is 6.10 Å². The number of hydrogen-bond donors (Lipinski definition) is 1. The second kappa shape index (κ2) is 6.73. The maximum Gasteiger partial charge on any atom is 0.123 e. The molecule has 5 heteroatoms. The van der Waals surface area contributed by atoms with E-state index in [1.54, 1.807) is 18.3 Å². The number of aliphatic hydroxyl groups excluding tert-OH is 1. The van der Waals surface area contributed by atoms with Gasteiger partial charge in [0.25, 0.3) is 0 Å². The van der Waals surface area contributed by atoms with Crippen LogP contribution < -0.4 is 0 Å². The van der Waals surface area contributed by atoms with Crippen molar-refractivity contribution < 1.29 is 9.50 Å². The van der Waals surface area contributed by atoms with Crippen LogP contribution in [0.15, 0.2) is 41.6 Å². The summed E-state index contributed by atoms with van der Waals surface area (Å²) < 4.78 is 14.8. The molecule has 1 atom stereocenters. The van der Waals surface area contributed by atoms with E-state index in [4.69, 9.17) is 0 Å². The molecule has 0 aliphatic rings. The van der Waals surface area contributed by atoms with Gasteiger partial charge in [-0.3, -0.25) is 0 Å². The van der Waals surface area contributed by atoms with E-state index >= 15 is 0 Å². The molecule has 0 spiro atoms. The molecule has 102 valence electrons. The number of halogens is 1. The monoisotopic (exact) mass is 280 g/mol. The van der Waals surface area contributed by atoms with Crippen LogP contribution >= 0.6 is 11.8 Å². The van der Waals surface area contributed by atoms with Gasteiger partial charge in [0, 0.05) is 36.0 Å². The van der Waals surface area contributed by atoms with E-state index in [2.05, 4.69) is 4.98 Å². The molecule has 0 saturated heterocycles. The lowest BCUT2D eigenvalue weighted by molar-refractivity contribution is 0.196. The van der Waals surface area contributed by atoms with E-state index in [-0.39, 0.29) is 5.82 Å². The number of aliphatic hydroxyl groups is 1. The van der Waals surface area contributed by atoms with Gasteiger partial charge in [0.05, 0.1) is 6.10 Å². The van der Waals surface area contributed by atoms with Crippen molar-refractivity contribution in [1.82, 2.24) is 9.55 Å². The highest BCUT2D eigenvalue weighted by Crippen LogP contribution is 2.19. The molecule has 0 aliphatic carbocycles. The number of thioether (sulfide) groups is 1. The Morgan fingerprint density at radius 1 is 1.37 bits per heavy atom. The van der Waals surface area contributed by atoms with Crippen LogP contribution in [0.5, 0.6) is 0 Å². The fraction of sp³-hybridized carbons (Fsp3) is 0.357. The van der Waals surface area contributed by atoms with E-state index in [0.717, 1.165) is 17.3 Å². The number of hydrogen-bond acceptors (Lipinski definition) is 3. The molecule has 0 fully saturated rings. The number of rotatable bonds is 6. The Bertz CT molecular complexity index is 512. The van der Waals surface area contributed by atoms with Gasteiger partial charge in [-0.15, -0.1) is 11.8 Å². The van der Waals surface area contributed by atoms with E-state index in [0.29, 0.717) is 12.2 Å². The summed E-state index contributed by atoms with van der Waals surface area (Å²) in [7, 11) is 0. The van der Waals surface area contributed by atoms with Gasteiger partial charge in [-0.2, -0.15) is 0 Å². The minimum absolute atomic E-state index is 0.241. The minimum atomic E-state index is -0.456. The highest BCUT2D eigenvalue weighted by Gasteiger charge is 2.10. The molecular formula is C14H17FN2OS. The third kappa shape index (κ3) is 4.08. The van der Waals surface area contributed by atoms with Crippen molar-refractivity contribution in [3.05, 3.63) is 48.3 Å². The van der Waals surface area contributed by atoms with Gasteiger partial charge in [0.2, 0.25) is 0 Å². The largest absolute Gasteiger partial charge is 0.392 e. The summed E-state index contributed by atoms with van der Waals surface area (Å²) >= 11 is 1.52. The summed E-state index contributed by atoms with van der Waals surface area (Å²) in [4.78, 5) is 5.20. The van der Waals surface area contributed by atoms with Crippen LogP contribution in [-0.4, -0.2) is 26.5 Å². The van der Waals surface area contributed by atoms with Crippen molar-refractivity contribution >= 4 is 11.8 Å². The Morgan fingerprint density at radius 2 is 2.11 bits per heavy atom. The van der Waals surface area contributed by atoms with Gasteiger partial charge >= 0.3 is 0 Å². The van der Waals surface area contributed by atoms with Crippen molar-refractivity contribution in [1.29, 1.82) is 0 Å². The Morgan fingerprint density at radius 3 is 2.79 bits per heavy atom. The first kappa shape index (κ1) is 14.1. The minimum Gasteiger partial charge on any atom is -0.392 e. The van der Waals surface area contributed by atoms with Gasteiger partial charge in [0.1, 0.15) is 11.6 Å². The maximum atomic E-state index is 12.8. The van der Waals surface area contributed by atoms with Crippen LogP contribution in [0.25, 0.3) is 0 Å². The third-order valence-electron chi connectivity index (χ3n) is 2.82. The predicted octanol–water partition coefficient (Wildman–Crippen LogP) is 2.74. The lowest BCUT2D eigenvalue weighted by Gasteiger charge is -2.11. The maximum absolute atomic E-state index is 12.8. The van der Waals surface area contributed by atoms with Crippen LogP contribution in [-0.2, 0) is 13.0 Å². The normalized spacial score (nSPS) is 12.6. The molecule has 1 aromatic heterocycles. The quantitative estimate of drug-likeness (QED) is 0.827. The van der Waals surface area contributed by atoms with Gasteiger partial charge in [-0.25, -0.2) is 9.37 Å². The fourth-order valence-corrected chi connectivity index (χ4v) is 2.64. The molecule has 1 unspecified atom stereocenters. The Hall–Kier alpha value is -1.33. The molecule has 2 aromatic rings. The first-order valence-corrected chi connectivity index (χ1v) is 7.24. The third-order valence-corrected chi connectivity index (χ3v) is 3.97. The van der Waals surface area contributed by atoms with Crippen LogP contribution in [0.4, 0.5) is 4.39 Å². The molecule has 1 aromatic carbocycles.